The molecule has 0 radical (unpaired) electrons. The van der Waals surface area contributed by atoms with E-state index in [1.165, 1.54) is 18.2 Å². The van der Waals surface area contributed by atoms with Crippen molar-refractivity contribution in [2.24, 2.45) is 0 Å². The lowest BCUT2D eigenvalue weighted by molar-refractivity contribution is 0.565. The third kappa shape index (κ3) is 3.20. The van der Waals surface area contributed by atoms with Gasteiger partial charge in [0.25, 0.3) is 0 Å². The van der Waals surface area contributed by atoms with Gasteiger partial charge < -0.3 is 5.32 Å². The van der Waals surface area contributed by atoms with E-state index < -0.39 is 23.5 Å². The molecule has 0 fully saturated rings. The van der Waals surface area contributed by atoms with E-state index in [4.69, 9.17) is 11.6 Å². The Morgan fingerprint density at radius 1 is 1.00 bits per heavy atom. The Balaban J connectivity index is 2.23. The van der Waals surface area contributed by atoms with Crippen LogP contribution in [0.2, 0.25) is 5.02 Å². The minimum Gasteiger partial charge on any atom is -0.376 e. The monoisotopic (exact) mass is 285 g/mol. The Morgan fingerprint density at radius 3 is 2.37 bits per heavy atom. The van der Waals surface area contributed by atoms with E-state index in [1.807, 2.05) is 0 Å². The van der Waals surface area contributed by atoms with E-state index in [2.05, 4.69) is 5.32 Å². The highest BCUT2D eigenvalue weighted by molar-refractivity contribution is 6.30. The van der Waals surface area contributed by atoms with E-state index in [1.54, 1.807) is 6.92 Å². The third-order valence-electron chi connectivity index (χ3n) is 2.73. The van der Waals surface area contributed by atoms with Crippen LogP contribution in [0.3, 0.4) is 0 Å². The highest BCUT2D eigenvalue weighted by Gasteiger charge is 2.13. The fourth-order valence-electron chi connectivity index (χ4n) is 1.77. The van der Waals surface area contributed by atoms with Gasteiger partial charge >= 0.3 is 0 Å². The van der Waals surface area contributed by atoms with Gasteiger partial charge in [-0.15, -0.1) is 0 Å². The molecule has 2 rings (SSSR count). The molecule has 2 aromatic carbocycles. The number of hydrogen-bond donors (Lipinski definition) is 1. The third-order valence-corrected chi connectivity index (χ3v) is 2.97. The zero-order valence-corrected chi connectivity index (χ0v) is 10.8. The van der Waals surface area contributed by atoms with Gasteiger partial charge in [-0.2, -0.15) is 0 Å². The van der Waals surface area contributed by atoms with Crippen LogP contribution < -0.4 is 5.32 Å². The van der Waals surface area contributed by atoms with Crippen LogP contribution in [0.4, 0.5) is 18.9 Å². The van der Waals surface area contributed by atoms with E-state index in [0.717, 1.165) is 18.2 Å². The van der Waals surface area contributed by atoms with Crippen molar-refractivity contribution in [3.8, 4) is 0 Å². The molecule has 0 aliphatic carbocycles. The first-order valence-electron chi connectivity index (χ1n) is 5.64. The zero-order valence-electron chi connectivity index (χ0n) is 10.1. The summed E-state index contributed by atoms with van der Waals surface area (Å²) in [6, 6.07) is 6.95. The van der Waals surface area contributed by atoms with Gasteiger partial charge in [-0.25, -0.2) is 13.2 Å². The molecular weight excluding hydrogens is 275 g/mol. The van der Waals surface area contributed by atoms with Crippen LogP contribution in [0.5, 0.6) is 0 Å². The summed E-state index contributed by atoms with van der Waals surface area (Å²) in [6.07, 6.45) is 0. The quantitative estimate of drug-likeness (QED) is 0.843. The van der Waals surface area contributed by atoms with Crippen molar-refractivity contribution in [2.45, 2.75) is 13.0 Å². The molecule has 0 aliphatic heterocycles. The maximum atomic E-state index is 13.6. The van der Waals surface area contributed by atoms with Crippen molar-refractivity contribution < 1.29 is 13.2 Å². The molecule has 2 aromatic rings. The Labute approximate surface area is 114 Å². The molecule has 1 nitrogen and oxygen atoms in total. The van der Waals surface area contributed by atoms with Gasteiger partial charge in [-0.3, -0.25) is 0 Å². The minimum atomic E-state index is -0.672. The lowest BCUT2D eigenvalue weighted by atomic mass is 10.1. The van der Waals surface area contributed by atoms with Gasteiger partial charge in [0.2, 0.25) is 0 Å². The van der Waals surface area contributed by atoms with Gasteiger partial charge in [0.05, 0.1) is 11.7 Å². The van der Waals surface area contributed by atoms with Crippen molar-refractivity contribution in [2.75, 3.05) is 5.32 Å². The van der Waals surface area contributed by atoms with Crippen LogP contribution in [-0.4, -0.2) is 0 Å². The van der Waals surface area contributed by atoms with E-state index >= 15 is 0 Å². The molecule has 0 saturated heterocycles. The summed E-state index contributed by atoms with van der Waals surface area (Å²) in [5.74, 6) is -1.85. The first-order valence-corrected chi connectivity index (χ1v) is 6.01. The lowest BCUT2D eigenvalue weighted by Gasteiger charge is -2.17. The topological polar surface area (TPSA) is 12.0 Å². The molecule has 0 aliphatic rings. The molecule has 0 amide bonds. The summed E-state index contributed by atoms with van der Waals surface area (Å²) >= 11 is 5.64. The number of anilines is 1. The summed E-state index contributed by atoms with van der Waals surface area (Å²) < 4.78 is 40.0. The highest BCUT2D eigenvalue weighted by atomic mass is 35.5. The van der Waals surface area contributed by atoms with Crippen molar-refractivity contribution in [1.82, 2.24) is 0 Å². The summed E-state index contributed by atoms with van der Waals surface area (Å²) in [6.45, 7) is 1.66. The fourth-order valence-corrected chi connectivity index (χ4v) is 1.93. The average Bonchev–Trinajstić information content (AvgIpc) is 2.32. The molecule has 1 atom stereocenters. The van der Waals surface area contributed by atoms with Gasteiger partial charge in [-0.1, -0.05) is 17.7 Å². The average molecular weight is 286 g/mol. The molecular formula is C14H11ClF3N. The van der Waals surface area contributed by atoms with Crippen molar-refractivity contribution >= 4 is 17.3 Å². The number of rotatable bonds is 3. The molecule has 19 heavy (non-hydrogen) atoms. The number of benzene rings is 2. The fraction of sp³-hybridized carbons (Fsp3) is 0.143. The predicted octanol–water partition coefficient (Wildman–Crippen LogP) is 4.93. The van der Waals surface area contributed by atoms with E-state index in [9.17, 15) is 13.2 Å². The molecule has 100 valence electrons. The van der Waals surface area contributed by atoms with Crippen LogP contribution in [0, 0.1) is 17.5 Å². The number of hydrogen-bond acceptors (Lipinski definition) is 1. The number of halogens is 4. The predicted molar refractivity (Wildman–Crippen MR) is 69.8 cm³/mol. The van der Waals surface area contributed by atoms with E-state index in [-0.39, 0.29) is 16.3 Å². The van der Waals surface area contributed by atoms with Gasteiger partial charge in [0, 0.05) is 16.7 Å². The largest absolute Gasteiger partial charge is 0.376 e. The van der Waals surface area contributed by atoms with Crippen LogP contribution in [0.15, 0.2) is 36.4 Å². The summed E-state index contributed by atoms with van der Waals surface area (Å²) in [4.78, 5) is 0. The zero-order chi connectivity index (χ0) is 14.0. The summed E-state index contributed by atoms with van der Waals surface area (Å²) in [5, 5.41) is 3.10. The molecule has 0 aromatic heterocycles. The van der Waals surface area contributed by atoms with Crippen LogP contribution >= 0.6 is 11.6 Å². The van der Waals surface area contributed by atoms with E-state index in [0.29, 0.717) is 0 Å². The Morgan fingerprint density at radius 2 is 1.74 bits per heavy atom. The first-order chi connectivity index (χ1) is 8.97. The number of nitrogens with one attached hydrogen (secondary N) is 1. The molecule has 1 N–H and O–H groups in total. The Hall–Kier alpha value is -1.68. The van der Waals surface area contributed by atoms with Crippen LogP contribution in [0.25, 0.3) is 0 Å². The normalized spacial score (nSPS) is 12.3. The SMILES string of the molecule is CC(Nc1ccc(Cl)cc1F)c1ccc(F)cc1F. The molecule has 0 saturated carbocycles. The molecule has 0 heterocycles. The van der Waals surface area contributed by atoms with Crippen LogP contribution in [-0.2, 0) is 0 Å². The second-order valence-electron chi connectivity index (χ2n) is 4.16. The maximum Gasteiger partial charge on any atom is 0.147 e. The van der Waals surface area contributed by atoms with Crippen molar-refractivity contribution in [3.05, 3.63) is 64.4 Å². The Bertz CT molecular complexity index is 601. The van der Waals surface area contributed by atoms with Crippen molar-refractivity contribution in [1.29, 1.82) is 0 Å². The second kappa shape index (κ2) is 5.53. The van der Waals surface area contributed by atoms with Gasteiger partial charge in [-0.05, 0) is 31.2 Å². The van der Waals surface area contributed by atoms with Gasteiger partial charge in [0.1, 0.15) is 17.5 Å². The highest BCUT2D eigenvalue weighted by Crippen LogP contribution is 2.25. The van der Waals surface area contributed by atoms with Gasteiger partial charge in [0.15, 0.2) is 0 Å². The first kappa shape index (κ1) is 13.7. The molecule has 0 bridgehead atoms. The molecule has 5 heteroatoms. The maximum absolute atomic E-state index is 13.6. The molecule has 1 unspecified atom stereocenters. The lowest BCUT2D eigenvalue weighted by Crippen LogP contribution is -2.10. The summed E-state index contributed by atoms with van der Waals surface area (Å²) in [7, 11) is 0. The van der Waals surface area contributed by atoms with Crippen molar-refractivity contribution in [3.63, 3.8) is 0 Å². The standard InChI is InChI=1S/C14H11ClF3N/c1-8(11-4-3-10(16)7-12(11)17)19-14-5-2-9(15)6-13(14)18/h2-8,19H,1H3. The summed E-state index contributed by atoms with van der Waals surface area (Å²) in [5.41, 5.74) is 0.469. The smallest absolute Gasteiger partial charge is 0.147 e. The van der Waals surface area contributed by atoms with Crippen LogP contribution in [0.1, 0.15) is 18.5 Å². The second-order valence-corrected chi connectivity index (χ2v) is 4.59. The molecule has 0 spiro atoms. The Kier molecular flexibility index (Phi) is 4.00. The minimum absolute atomic E-state index is 0.209.